The van der Waals surface area contributed by atoms with Crippen LogP contribution in [0, 0.1) is 6.92 Å². The number of nitrogens with one attached hydrogen (secondary N) is 1. The number of hydrogen-bond donors (Lipinski definition) is 2. The van der Waals surface area contributed by atoms with E-state index in [2.05, 4.69) is 9.82 Å². The molecule has 0 unspecified atom stereocenters. The maximum atomic E-state index is 12.2. The predicted molar refractivity (Wildman–Crippen MR) is 73.1 cm³/mol. The summed E-state index contributed by atoms with van der Waals surface area (Å²) in [4.78, 5) is 0.184. The predicted octanol–water partition coefficient (Wildman–Crippen LogP) is 0.988. The molecule has 6 nitrogen and oxygen atoms in total. The van der Waals surface area contributed by atoms with Gasteiger partial charge in [0.25, 0.3) is 10.0 Å². The minimum atomic E-state index is -3.63. The first-order valence-corrected chi connectivity index (χ1v) is 7.23. The monoisotopic (exact) mass is 280 g/mol. The first kappa shape index (κ1) is 13.6. The summed E-state index contributed by atoms with van der Waals surface area (Å²) in [5, 5.41) is 3.98. The Hall–Kier alpha value is -1.86. The number of benzene rings is 1. The summed E-state index contributed by atoms with van der Waals surface area (Å²) in [7, 11) is -1.91. The number of rotatable bonds is 4. The second-order valence-corrected chi connectivity index (χ2v) is 5.95. The van der Waals surface area contributed by atoms with Crippen LogP contribution in [0.5, 0.6) is 0 Å². The number of hydrogen-bond acceptors (Lipinski definition) is 4. The van der Waals surface area contributed by atoms with Crippen LogP contribution in [-0.2, 0) is 23.6 Å². The van der Waals surface area contributed by atoms with Gasteiger partial charge in [0.05, 0.1) is 4.90 Å². The number of nitrogens with zero attached hydrogens (tertiary/aromatic N) is 2. The van der Waals surface area contributed by atoms with Gasteiger partial charge in [-0.25, -0.2) is 8.42 Å². The quantitative estimate of drug-likeness (QED) is 0.873. The molecule has 0 aliphatic rings. The lowest BCUT2D eigenvalue weighted by atomic mass is 10.1. The Morgan fingerprint density at radius 3 is 2.68 bits per heavy atom. The molecule has 0 bridgehead atoms. The van der Waals surface area contributed by atoms with Crippen molar-refractivity contribution in [2.24, 2.45) is 12.8 Å². The smallest absolute Gasteiger partial charge is 0.263 e. The maximum Gasteiger partial charge on any atom is 0.263 e. The van der Waals surface area contributed by atoms with Gasteiger partial charge in [-0.1, -0.05) is 6.07 Å². The van der Waals surface area contributed by atoms with E-state index >= 15 is 0 Å². The molecule has 0 atom stereocenters. The number of sulfonamides is 1. The van der Waals surface area contributed by atoms with E-state index in [1.54, 1.807) is 37.5 Å². The molecule has 19 heavy (non-hydrogen) atoms. The Bertz CT molecular complexity index is 692. The molecule has 0 saturated heterocycles. The molecular formula is C12H16N4O2S. The van der Waals surface area contributed by atoms with Gasteiger partial charge < -0.3 is 5.73 Å². The third-order valence-corrected chi connectivity index (χ3v) is 4.16. The average molecular weight is 280 g/mol. The fraction of sp³-hybridized carbons (Fsp3) is 0.250. The molecule has 3 N–H and O–H groups in total. The third-order valence-electron chi connectivity index (χ3n) is 2.80. The summed E-state index contributed by atoms with van der Waals surface area (Å²) in [6.07, 6.45) is 1.66. The lowest BCUT2D eigenvalue weighted by Gasteiger charge is -2.08. The summed E-state index contributed by atoms with van der Waals surface area (Å²) < 4.78 is 28.3. The van der Waals surface area contributed by atoms with E-state index in [0.717, 1.165) is 11.1 Å². The van der Waals surface area contributed by atoms with Crippen LogP contribution in [0.4, 0.5) is 5.82 Å². The molecule has 0 radical (unpaired) electrons. The number of aromatic nitrogens is 2. The Morgan fingerprint density at radius 2 is 2.11 bits per heavy atom. The molecule has 2 aromatic rings. The first-order valence-electron chi connectivity index (χ1n) is 5.74. The molecule has 0 amide bonds. The van der Waals surface area contributed by atoms with Crippen LogP contribution in [0.3, 0.4) is 0 Å². The van der Waals surface area contributed by atoms with Gasteiger partial charge in [-0.15, -0.1) is 0 Å². The second-order valence-electron chi connectivity index (χ2n) is 4.27. The van der Waals surface area contributed by atoms with Crippen LogP contribution in [0.15, 0.2) is 35.4 Å². The van der Waals surface area contributed by atoms with Crippen molar-refractivity contribution in [3.8, 4) is 0 Å². The largest absolute Gasteiger partial charge is 0.326 e. The Balaban J connectivity index is 2.34. The summed E-state index contributed by atoms with van der Waals surface area (Å²) in [5.41, 5.74) is 7.37. The van der Waals surface area contributed by atoms with Crippen molar-refractivity contribution in [3.63, 3.8) is 0 Å². The molecule has 0 aliphatic carbocycles. The number of anilines is 1. The molecule has 1 aromatic carbocycles. The van der Waals surface area contributed by atoms with Gasteiger partial charge in [0.2, 0.25) is 0 Å². The van der Waals surface area contributed by atoms with E-state index in [1.165, 1.54) is 4.68 Å². The summed E-state index contributed by atoms with van der Waals surface area (Å²) in [6.45, 7) is 2.20. The summed E-state index contributed by atoms with van der Waals surface area (Å²) >= 11 is 0. The van der Waals surface area contributed by atoms with E-state index < -0.39 is 10.0 Å². The van der Waals surface area contributed by atoms with Gasteiger partial charge in [-0.05, 0) is 30.2 Å². The zero-order valence-corrected chi connectivity index (χ0v) is 11.6. The van der Waals surface area contributed by atoms with Crippen molar-refractivity contribution in [1.29, 1.82) is 0 Å². The van der Waals surface area contributed by atoms with Gasteiger partial charge in [0.15, 0.2) is 5.82 Å². The second kappa shape index (κ2) is 5.02. The standard InChI is InChI=1S/C12H16N4O2S/c1-9-3-4-11(7-10(9)8-13)19(17,18)15-12-5-6-16(2)14-12/h3-7H,8,13H2,1-2H3,(H,14,15). The molecule has 1 aromatic heterocycles. The van der Waals surface area contributed by atoms with Crippen LogP contribution in [0.1, 0.15) is 11.1 Å². The van der Waals surface area contributed by atoms with E-state index in [0.29, 0.717) is 6.54 Å². The van der Waals surface area contributed by atoms with E-state index in [1.807, 2.05) is 6.92 Å². The molecule has 0 fully saturated rings. The van der Waals surface area contributed by atoms with Crippen LogP contribution in [0.2, 0.25) is 0 Å². The van der Waals surface area contributed by atoms with Crippen molar-refractivity contribution in [1.82, 2.24) is 9.78 Å². The third kappa shape index (κ3) is 2.94. The van der Waals surface area contributed by atoms with Crippen LogP contribution < -0.4 is 10.5 Å². The lowest BCUT2D eigenvalue weighted by molar-refractivity contribution is 0.600. The van der Waals surface area contributed by atoms with Gasteiger partial charge in [0.1, 0.15) is 0 Å². The molecule has 2 rings (SSSR count). The van der Waals surface area contributed by atoms with Crippen molar-refractivity contribution in [2.75, 3.05) is 4.72 Å². The van der Waals surface area contributed by atoms with Crippen molar-refractivity contribution < 1.29 is 8.42 Å². The lowest BCUT2D eigenvalue weighted by Crippen LogP contribution is -2.14. The van der Waals surface area contributed by atoms with Crippen LogP contribution >= 0.6 is 0 Å². The van der Waals surface area contributed by atoms with Gasteiger partial charge in [-0.2, -0.15) is 5.10 Å². The van der Waals surface area contributed by atoms with Crippen molar-refractivity contribution in [3.05, 3.63) is 41.6 Å². The van der Waals surface area contributed by atoms with Crippen molar-refractivity contribution >= 4 is 15.8 Å². The molecule has 0 saturated carbocycles. The normalized spacial score (nSPS) is 11.5. The number of nitrogens with two attached hydrogens (primary N) is 1. The Kier molecular flexibility index (Phi) is 3.59. The zero-order chi connectivity index (χ0) is 14.0. The average Bonchev–Trinajstić information content (AvgIpc) is 2.74. The maximum absolute atomic E-state index is 12.2. The van der Waals surface area contributed by atoms with E-state index in [-0.39, 0.29) is 10.7 Å². The molecule has 0 spiro atoms. The van der Waals surface area contributed by atoms with Gasteiger partial charge in [-0.3, -0.25) is 9.40 Å². The highest BCUT2D eigenvalue weighted by atomic mass is 32.2. The molecule has 7 heteroatoms. The SMILES string of the molecule is Cc1ccc(S(=O)(=O)Nc2ccn(C)n2)cc1CN. The molecule has 1 heterocycles. The highest BCUT2D eigenvalue weighted by Gasteiger charge is 2.16. The summed E-state index contributed by atoms with van der Waals surface area (Å²) in [6, 6.07) is 6.48. The number of aryl methyl sites for hydroxylation is 2. The van der Waals surface area contributed by atoms with Gasteiger partial charge >= 0.3 is 0 Å². The van der Waals surface area contributed by atoms with Crippen LogP contribution in [-0.4, -0.2) is 18.2 Å². The highest BCUT2D eigenvalue weighted by molar-refractivity contribution is 7.92. The topological polar surface area (TPSA) is 90.0 Å². The molecule has 102 valence electrons. The minimum absolute atomic E-state index is 0.184. The fourth-order valence-electron chi connectivity index (χ4n) is 1.70. The highest BCUT2D eigenvalue weighted by Crippen LogP contribution is 2.18. The zero-order valence-electron chi connectivity index (χ0n) is 10.8. The van der Waals surface area contributed by atoms with Gasteiger partial charge in [0, 0.05) is 25.9 Å². The fourth-order valence-corrected chi connectivity index (χ4v) is 2.75. The Labute approximate surface area is 112 Å². The molecule has 0 aliphatic heterocycles. The van der Waals surface area contributed by atoms with E-state index in [4.69, 9.17) is 5.73 Å². The molecular weight excluding hydrogens is 264 g/mol. The Morgan fingerprint density at radius 1 is 1.37 bits per heavy atom. The first-order chi connectivity index (χ1) is 8.92. The van der Waals surface area contributed by atoms with Crippen molar-refractivity contribution in [2.45, 2.75) is 18.4 Å². The summed E-state index contributed by atoms with van der Waals surface area (Å²) in [5.74, 6) is 0.289. The van der Waals surface area contributed by atoms with Crippen LogP contribution in [0.25, 0.3) is 0 Å². The van der Waals surface area contributed by atoms with E-state index in [9.17, 15) is 8.42 Å². The minimum Gasteiger partial charge on any atom is -0.326 e.